The molecule has 0 bridgehead atoms. The third-order valence-corrected chi connectivity index (χ3v) is 2.70. The van der Waals surface area contributed by atoms with Gasteiger partial charge in [-0.1, -0.05) is 23.7 Å². The van der Waals surface area contributed by atoms with E-state index < -0.39 is 0 Å². The van der Waals surface area contributed by atoms with Gasteiger partial charge in [0.1, 0.15) is 12.4 Å². The predicted molar refractivity (Wildman–Crippen MR) is 71.4 cm³/mol. The van der Waals surface area contributed by atoms with Crippen molar-refractivity contribution in [3.8, 4) is 11.8 Å². The van der Waals surface area contributed by atoms with Crippen molar-refractivity contribution in [2.75, 3.05) is 5.73 Å². The van der Waals surface area contributed by atoms with Gasteiger partial charge in [0.2, 0.25) is 0 Å². The zero-order valence-corrected chi connectivity index (χ0v) is 10.3. The van der Waals surface area contributed by atoms with Gasteiger partial charge in [-0.3, -0.25) is 0 Å². The number of hydrogen-bond acceptors (Lipinski definition) is 3. The molecule has 0 saturated heterocycles. The van der Waals surface area contributed by atoms with E-state index in [4.69, 9.17) is 27.3 Å². The van der Waals surface area contributed by atoms with Crippen molar-refractivity contribution < 1.29 is 4.74 Å². The molecule has 0 aliphatic rings. The molecule has 2 rings (SSSR count). The first-order valence-electron chi connectivity index (χ1n) is 5.36. The zero-order chi connectivity index (χ0) is 13.0. The Bertz CT molecular complexity index is 588. The summed E-state index contributed by atoms with van der Waals surface area (Å²) in [5, 5.41) is 9.49. The maximum Gasteiger partial charge on any atom is 0.144 e. The van der Waals surface area contributed by atoms with Crippen LogP contribution in [-0.4, -0.2) is 0 Å². The minimum atomic E-state index is 0.385. The lowest BCUT2D eigenvalue weighted by Crippen LogP contribution is -1.99. The molecule has 0 aliphatic heterocycles. The van der Waals surface area contributed by atoms with Crippen molar-refractivity contribution in [2.24, 2.45) is 0 Å². The molecule has 0 fully saturated rings. The predicted octanol–water partition coefficient (Wildman–Crippen LogP) is 3.37. The quantitative estimate of drug-likeness (QED) is 0.859. The summed E-state index contributed by atoms with van der Waals surface area (Å²) >= 11 is 5.80. The SMILES string of the molecule is N#Cc1ccc(N)c(OCc2ccc(Cl)cc2)c1. The van der Waals surface area contributed by atoms with E-state index in [1.807, 2.05) is 18.2 Å². The molecule has 0 radical (unpaired) electrons. The maximum atomic E-state index is 8.81. The second-order valence-corrected chi connectivity index (χ2v) is 4.22. The van der Waals surface area contributed by atoms with Crippen LogP contribution in [0.5, 0.6) is 5.75 Å². The molecule has 2 N–H and O–H groups in total. The first-order valence-corrected chi connectivity index (χ1v) is 5.73. The fraction of sp³-hybridized carbons (Fsp3) is 0.0714. The molecular weight excluding hydrogens is 248 g/mol. The average molecular weight is 259 g/mol. The normalized spacial score (nSPS) is 9.78. The van der Waals surface area contributed by atoms with Gasteiger partial charge in [0.15, 0.2) is 0 Å². The van der Waals surface area contributed by atoms with Crippen molar-refractivity contribution in [3.05, 3.63) is 58.6 Å². The molecule has 0 saturated carbocycles. The summed E-state index contributed by atoms with van der Waals surface area (Å²) in [4.78, 5) is 0. The van der Waals surface area contributed by atoms with Crippen LogP contribution in [-0.2, 0) is 6.61 Å². The Hall–Kier alpha value is -2.18. The molecule has 90 valence electrons. The van der Waals surface area contributed by atoms with E-state index in [0.717, 1.165) is 5.56 Å². The standard InChI is InChI=1S/C14H11ClN2O/c15-12-4-1-10(2-5-12)9-18-14-7-11(8-16)3-6-13(14)17/h1-7H,9,17H2. The Morgan fingerprint density at radius 1 is 1.17 bits per heavy atom. The number of hydrogen-bond donors (Lipinski definition) is 1. The largest absolute Gasteiger partial charge is 0.487 e. The molecule has 0 aliphatic carbocycles. The van der Waals surface area contributed by atoms with Crippen LogP contribution in [0, 0.1) is 11.3 Å². The van der Waals surface area contributed by atoms with Gasteiger partial charge in [-0.15, -0.1) is 0 Å². The van der Waals surface area contributed by atoms with E-state index in [1.165, 1.54) is 0 Å². The van der Waals surface area contributed by atoms with Crippen LogP contribution in [0.4, 0.5) is 5.69 Å². The van der Waals surface area contributed by atoms with Crippen LogP contribution < -0.4 is 10.5 Å². The zero-order valence-electron chi connectivity index (χ0n) is 9.56. The van der Waals surface area contributed by atoms with Gasteiger partial charge in [0.05, 0.1) is 17.3 Å². The Morgan fingerprint density at radius 2 is 1.89 bits per heavy atom. The smallest absolute Gasteiger partial charge is 0.144 e. The molecule has 0 amide bonds. The van der Waals surface area contributed by atoms with Gasteiger partial charge in [-0.2, -0.15) is 5.26 Å². The maximum absolute atomic E-state index is 8.81. The molecule has 18 heavy (non-hydrogen) atoms. The fourth-order valence-corrected chi connectivity index (χ4v) is 1.60. The number of ether oxygens (including phenoxy) is 1. The van der Waals surface area contributed by atoms with Gasteiger partial charge in [-0.05, 0) is 29.8 Å². The topological polar surface area (TPSA) is 59.0 Å². The molecule has 0 spiro atoms. The Kier molecular flexibility index (Phi) is 3.71. The van der Waals surface area contributed by atoms with Crippen molar-refractivity contribution >= 4 is 17.3 Å². The van der Waals surface area contributed by atoms with E-state index in [9.17, 15) is 0 Å². The molecule has 2 aromatic carbocycles. The number of anilines is 1. The summed E-state index contributed by atoms with van der Waals surface area (Å²) in [6.07, 6.45) is 0. The summed E-state index contributed by atoms with van der Waals surface area (Å²) in [5.41, 5.74) is 7.80. The lowest BCUT2D eigenvalue weighted by Gasteiger charge is -2.09. The highest BCUT2D eigenvalue weighted by Gasteiger charge is 2.03. The Labute approximate surface area is 110 Å². The Balaban J connectivity index is 2.10. The van der Waals surface area contributed by atoms with Gasteiger partial charge in [0, 0.05) is 11.1 Å². The molecule has 0 aromatic heterocycles. The first kappa shape index (κ1) is 12.3. The molecule has 2 aromatic rings. The second kappa shape index (κ2) is 5.44. The van der Waals surface area contributed by atoms with E-state index >= 15 is 0 Å². The number of benzene rings is 2. The number of nitrogens with two attached hydrogens (primary N) is 1. The van der Waals surface area contributed by atoms with Crippen LogP contribution in [0.15, 0.2) is 42.5 Å². The molecule has 0 unspecified atom stereocenters. The van der Waals surface area contributed by atoms with E-state index in [1.54, 1.807) is 30.3 Å². The molecular formula is C14H11ClN2O. The highest BCUT2D eigenvalue weighted by Crippen LogP contribution is 2.23. The van der Waals surface area contributed by atoms with Gasteiger partial charge < -0.3 is 10.5 Å². The number of rotatable bonds is 3. The van der Waals surface area contributed by atoms with Crippen molar-refractivity contribution in [3.63, 3.8) is 0 Å². The number of halogens is 1. The highest BCUT2D eigenvalue weighted by molar-refractivity contribution is 6.30. The van der Waals surface area contributed by atoms with Gasteiger partial charge in [-0.25, -0.2) is 0 Å². The molecule has 3 nitrogen and oxygen atoms in total. The summed E-state index contributed by atoms with van der Waals surface area (Å²) in [6, 6.07) is 14.4. The van der Waals surface area contributed by atoms with Crippen molar-refractivity contribution in [1.29, 1.82) is 5.26 Å². The van der Waals surface area contributed by atoms with Crippen LogP contribution in [0.2, 0.25) is 5.02 Å². The van der Waals surface area contributed by atoms with E-state index in [0.29, 0.717) is 28.6 Å². The van der Waals surface area contributed by atoms with Crippen LogP contribution in [0.1, 0.15) is 11.1 Å². The van der Waals surface area contributed by atoms with Crippen LogP contribution >= 0.6 is 11.6 Å². The lowest BCUT2D eigenvalue weighted by atomic mass is 10.2. The van der Waals surface area contributed by atoms with Gasteiger partial charge in [0.25, 0.3) is 0 Å². The van der Waals surface area contributed by atoms with Gasteiger partial charge >= 0.3 is 0 Å². The highest BCUT2D eigenvalue weighted by atomic mass is 35.5. The van der Waals surface area contributed by atoms with Crippen LogP contribution in [0.25, 0.3) is 0 Å². The van der Waals surface area contributed by atoms with Crippen molar-refractivity contribution in [2.45, 2.75) is 6.61 Å². The first-order chi connectivity index (χ1) is 8.69. The molecule has 0 heterocycles. The Morgan fingerprint density at radius 3 is 2.56 bits per heavy atom. The lowest BCUT2D eigenvalue weighted by molar-refractivity contribution is 0.308. The number of nitriles is 1. The summed E-state index contributed by atoms with van der Waals surface area (Å²) in [6.45, 7) is 0.385. The third kappa shape index (κ3) is 2.93. The number of nitrogens with zero attached hydrogens (tertiary/aromatic N) is 1. The van der Waals surface area contributed by atoms with E-state index in [-0.39, 0.29) is 0 Å². The molecule has 4 heteroatoms. The fourth-order valence-electron chi connectivity index (χ4n) is 1.47. The third-order valence-electron chi connectivity index (χ3n) is 2.45. The summed E-state index contributed by atoms with van der Waals surface area (Å²) in [7, 11) is 0. The molecule has 0 atom stereocenters. The minimum Gasteiger partial charge on any atom is -0.487 e. The summed E-state index contributed by atoms with van der Waals surface area (Å²) < 4.78 is 5.59. The van der Waals surface area contributed by atoms with Crippen molar-refractivity contribution in [1.82, 2.24) is 0 Å². The number of nitrogen functional groups attached to an aromatic ring is 1. The van der Waals surface area contributed by atoms with E-state index in [2.05, 4.69) is 0 Å². The van der Waals surface area contributed by atoms with Crippen LogP contribution in [0.3, 0.4) is 0 Å². The second-order valence-electron chi connectivity index (χ2n) is 3.78. The minimum absolute atomic E-state index is 0.385. The summed E-state index contributed by atoms with van der Waals surface area (Å²) in [5.74, 6) is 0.518. The monoisotopic (exact) mass is 258 g/mol. The average Bonchev–Trinajstić information content (AvgIpc) is 2.40.